The number of phenolic OH excluding ortho intramolecular Hbond substituents is 1. The molecular weight excluding hydrogens is 198 g/mol. The number of para-hydroxylation sites is 1. The minimum atomic E-state index is 0.149. The van der Waals surface area contributed by atoms with Gasteiger partial charge in [0.2, 0.25) is 0 Å². The highest BCUT2D eigenvalue weighted by Gasteiger charge is 2.38. The van der Waals surface area contributed by atoms with Crippen molar-refractivity contribution in [3.63, 3.8) is 0 Å². The van der Waals surface area contributed by atoms with Crippen LogP contribution in [-0.4, -0.2) is 18.2 Å². The number of benzene rings is 1. The zero-order valence-electron chi connectivity index (χ0n) is 10.2. The topological polar surface area (TPSA) is 32.3 Å². The van der Waals surface area contributed by atoms with Gasteiger partial charge in [-0.1, -0.05) is 32.0 Å². The van der Waals surface area contributed by atoms with E-state index in [1.807, 2.05) is 18.2 Å². The Bertz CT molecular complexity index is 354. The van der Waals surface area contributed by atoms with E-state index < -0.39 is 0 Å². The summed E-state index contributed by atoms with van der Waals surface area (Å²) in [7, 11) is 0. The van der Waals surface area contributed by atoms with Crippen LogP contribution in [0.5, 0.6) is 5.75 Å². The molecule has 0 amide bonds. The molecule has 1 heterocycles. The number of rotatable bonds is 2. The van der Waals surface area contributed by atoms with Crippen molar-refractivity contribution in [3.05, 3.63) is 29.8 Å². The summed E-state index contributed by atoms with van der Waals surface area (Å²) in [6.07, 6.45) is 2.23. The molecule has 1 fully saturated rings. The van der Waals surface area contributed by atoms with E-state index in [9.17, 15) is 5.11 Å². The third kappa shape index (κ3) is 1.82. The van der Waals surface area contributed by atoms with Crippen molar-refractivity contribution in [3.8, 4) is 5.75 Å². The first-order chi connectivity index (χ1) is 7.67. The van der Waals surface area contributed by atoms with Crippen LogP contribution in [0.1, 0.15) is 32.3 Å². The maximum Gasteiger partial charge on any atom is 0.119 e. The predicted molar refractivity (Wildman–Crippen MR) is 66.7 cm³/mol. The molecule has 2 heteroatoms. The molecule has 0 saturated carbocycles. The lowest BCUT2D eigenvalue weighted by Crippen LogP contribution is -2.43. The van der Waals surface area contributed by atoms with Gasteiger partial charge < -0.3 is 10.4 Å². The van der Waals surface area contributed by atoms with Crippen molar-refractivity contribution in [2.75, 3.05) is 13.1 Å². The Kier molecular flexibility index (Phi) is 3.20. The summed E-state index contributed by atoms with van der Waals surface area (Å²) >= 11 is 0. The number of piperidine rings is 1. The largest absolute Gasteiger partial charge is 0.508 e. The highest BCUT2D eigenvalue weighted by Crippen LogP contribution is 2.43. The molecule has 0 spiro atoms. The number of hydrogen-bond acceptors (Lipinski definition) is 2. The van der Waals surface area contributed by atoms with Gasteiger partial charge in [-0.25, -0.2) is 0 Å². The molecule has 88 valence electrons. The van der Waals surface area contributed by atoms with E-state index in [-0.39, 0.29) is 5.41 Å². The van der Waals surface area contributed by atoms with Crippen molar-refractivity contribution < 1.29 is 5.11 Å². The monoisotopic (exact) mass is 219 g/mol. The molecule has 1 saturated heterocycles. The maximum atomic E-state index is 10.1. The SMILES string of the molecule is CC(C)C1(c2ccccc2O)CCNCC1. The van der Waals surface area contributed by atoms with Gasteiger partial charge in [0, 0.05) is 11.0 Å². The van der Waals surface area contributed by atoms with Gasteiger partial charge >= 0.3 is 0 Å². The second-order valence-electron chi connectivity index (χ2n) is 5.08. The fourth-order valence-electron chi connectivity index (χ4n) is 2.93. The molecule has 0 atom stereocenters. The summed E-state index contributed by atoms with van der Waals surface area (Å²) in [5, 5.41) is 13.5. The lowest BCUT2D eigenvalue weighted by atomic mass is 9.65. The highest BCUT2D eigenvalue weighted by molar-refractivity contribution is 5.39. The first-order valence-corrected chi connectivity index (χ1v) is 6.16. The van der Waals surface area contributed by atoms with Crippen LogP contribution in [0.4, 0.5) is 0 Å². The lowest BCUT2D eigenvalue weighted by molar-refractivity contribution is 0.221. The number of nitrogens with one attached hydrogen (secondary N) is 1. The Hall–Kier alpha value is -1.02. The predicted octanol–water partition coefficient (Wildman–Crippen LogP) is 2.67. The van der Waals surface area contributed by atoms with Crippen molar-refractivity contribution >= 4 is 0 Å². The summed E-state index contributed by atoms with van der Waals surface area (Å²) in [6.45, 7) is 6.62. The van der Waals surface area contributed by atoms with Gasteiger partial charge in [0.05, 0.1) is 0 Å². The molecule has 2 N–H and O–H groups in total. The van der Waals surface area contributed by atoms with E-state index in [1.54, 1.807) is 0 Å². The molecule has 0 bridgehead atoms. The first-order valence-electron chi connectivity index (χ1n) is 6.16. The second-order valence-corrected chi connectivity index (χ2v) is 5.08. The van der Waals surface area contributed by atoms with Crippen LogP contribution in [0.3, 0.4) is 0 Å². The number of phenols is 1. The quantitative estimate of drug-likeness (QED) is 0.801. The van der Waals surface area contributed by atoms with E-state index >= 15 is 0 Å². The molecule has 2 nitrogen and oxygen atoms in total. The molecule has 16 heavy (non-hydrogen) atoms. The van der Waals surface area contributed by atoms with Crippen molar-refractivity contribution in [2.24, 2.45) is 5.92 Å². The van der Waals surface area contributed by atoms with Crippen LogP contribution in [0.2, 0.25) is 0 Å². The van der Waals surface area contributed by atoms with Gasteiger partial charge in [-0.2, -0.15) is 0 Å². The summed E-state index contributed by atoms with van der Waals surface area (Å²) in [5.74, 6) is 1.01. The third-order valence-electron chi connectivity index (χ3n) is 4.04. The van der Waals surface area contributed by atoms with E-state index in [0.717, 1.165) is 31.5 Å². The minimum Gasteiger partial charge on any atom is -0.508 e. The van der Waals surface area contributed by atoms with Gasteiger partial charge in [0.1, 0.15) is 5.75 Å². The van der Waals surface area contributed by atoms with Gasteiger partial charge in [-0.3, -0.25) is 0 Å². The number of aromatic hydroxyl groups is 1. The smallest absolute Gasteiger partial charge is 0.119 e. The second kappa shape index (κ2) is 4.46. The van der Waals surface area contributed by atoms with Crippen molar-refractivity contribution in [1.82, 2.24) is 5.32 Å². The zero-order valence-corrected chi connectivity index (χ0v) is 10.2. The Balaban J connectivity index is 2.43. The van der Waals surface area contributed by atoms with Gasteiger partial charge in [-0.15, -0.1) is 0 Å². The average Bonchev–Trinajstić information content (AvgIpc) is 2.30. The molecule has 1 aliphatic rings. The van der Waals surface area contributed by atoms with Crippen molar-refractivity contribution in [1.29, 1.82) is 0 Å². The van der Waals surface area contributed by atoms with Crippen LogP contribution in [0, 0.1) is 5.92 Å². The molecule has 1 aromatic rings. The van der Waals surface area contributed by atoms with Crippen molar-refractivity contribution in [2.45, 2.75) is 32.1 Å². The molecule has 0 aromatic heterocycles. The summed E-state index contributed by atoms with van der Waals surface area (Å²) < 4.78 is 0. The van der Waals surface area contributed by atoms with E-state index in [2.05, 4.69) is 25.2 Å². The Morgan fingerprint density at radius 2 is 1.81 bits per heavy atom. The molecule has 0 radical (unpaired) electrons. The Morgan fingerprint density at radius 3 is 2.38 bits per heavy atom. The molecule has 0 aliphatic carbocycles. The lowest BCUT2D eigenvalue weighted by Gasteiger charge is -2.42. The molecule has 1 aromatic carbocycles. The van der Waals surface area contributed by atoms with Crippen LogP contribution in [0.25, 0.3) is 0 Å². The van der Waals surface area contributed by atoms with Gasteiger partial charge in [-0.05, 0) is 37.9 Å². The average molecular weight is 219 g/mol. The molecule has 2 rings (SSSR count). The molecular formula is C14H21NO. The zero-order chi connectivity index (χ0) is 11.6. The molecule has 0 unspecified atom stereocenters. The minimum absolute atomic E-state index is 0.149. The first kappa shape index (κ1) is 11.5. The van der Waals surface area contributed by atoms with Crippen LogP contribution >= 0.6 is 0 Å². The van der Waals surface area contributed by atoms with Crippen LogP contribution in [-0.2, 0) is 5.41 Å². The fraction of sp³-hybridized carbons (Fsp3) is 0.571. The third-order valence-corrected chi connectivity index (χ3v) is 4.04. The maximum absolute atomic E-state index is 10.1. The Labute approximate surface area is 97.7 Å². The summed E-state index contributed by atoms with van der Waals surface area (Å²) in [6, 6.07) is 7.82. The fourth-order valence-corrected chi connectivity index (χ4v) is 2.93. The van der Waals surface area contributed by atoms with Gasteiger partial charge in [0.15, 0.2) is 0 Å². The summed E-state index contributed by atoms with van der Waals surface area (Å²) in [5.41, 5.74) is 1.28. The number of hydrogen-bond donors (Lipinski definition) is 2. The van der Waals surface area contributed by atoms with E-state index in [0.29, 0.717) is 11.7 Å². The van der Waals surface area contributed by atoms with E-state index in [1.165, 1.54) is 0 Å². The normalized spacial score (nSPS) is 19.9. The van der Waals surface area contributed by atoms with Crippen LogP contribution < -0.4 is 5.32 Å². The standard InChI is InChI=1S/C14H21NO/c1-11(2)14(7-9-15-10-8-14)12-5-3-4-6-13(12)16/h3-6,11,15-16H,7-10H2,1-2H3. The summed E-state index contributed by atoms with van der Waals surface area (Å²) in [4.78, 5) is 0. The van der Waals surface area contributed by atoms with E-state index in [4.69, 9.17) is 0 Å². The Morgan fingerprint density at radius 1 is 1.19 bits per heavy atom. The van der Waals surface area contributed by atoms with Gasteiger partial charge in [0.25, 0.3) is 0 Å². The highest BCUT2D eigenvalue weighted by atomic mass is 16.3. The molecule has 1 aliphatic heterocycles. The van der Waals surface area contributed by atoms with Crippen LogP contribution in [0.15, 0.2) is 24.3 Å².